The molecule has 2 aromatic heterocycles. The standard InChI is InChI=1S/C26H32N6O/c1-3-31-18-21(16-27-31)17-30-14-7-10-23(30)25-28-19(2)22-11-12-24(33)32(26(22)29-25)15-13-20-8-5-4-6-9-20/h4-6,8-9,16,18,23H,3,7,10-15,17H2,1-2H3. The summed E-state index contributed by atoms with van der Waals surface area (Å²) in [4.78, 5) is 27.3. The molecule has 33 heavy (non-hydrogen) atoms. The quantitative estimate of drug-likeness (QED) is 0.554. The topological polar surface area (TPSA) is 67.2 Å². The summed E-state index contributed by atoms with van der Waals surface area (Å²) in [7, 11) is 0. The third-order valence-corrected chi connectivity index (χ3v) is 6.88. The van der Waals surface area contributed by atoms with Gasteiger partial charge < -0.3 is 0 Å². The van der Waals surface area contributed by atoms with Crippen molar-refractivity contribution >= 4 is 11.7 Å². The lowest BCUT2D eigenvalue weighted by molar-refractivity contribution is -0.118. The van der Waals surface area contributed by atoms with Gasteiger partial charge in [0.25, 0.3) is 0 Å². The number of hydrogen-bond donors (Lipinski definition) is 0. The van der Waals surface area contributed by atoms with E-state index in [1.54, 1.807) is 0 Å². The number of carbonyl (C=O) groups excluding carboxylic acids is 1. The molecule has 0 aliphatic carbocycles. The molecule has 0 N–H and O–H groups in total. The summed E-state index contributed by atoms with van der Waals surface area (Å²) in [6, 6.07) is 10.5. The Morgan fingerprint density at radius 1 is 1.09 bits per heavy atom. The number of carbonyl (C=O) groups is 1. The van der Waals surface area contributed by atoms with Crippen molar-refractivity contribution < 1.29 is 4.79 Å². The van der Waals surface area contributed by atoms with Crippen LogP contribution in [0.3, 0.4) is 0 Å². The molecule has 5 rings (SSSR count). The molecule has 0 saturated carbocycles. The summed E-state index contributed by atoms with van der Waals surface area (Å²) >= 11 is 0. The van der Waals surface area contributed by atoms with Gasteiger partial charge in [-0.05, 0) is 51.6 Å². The van der Waals surface area contributed by atoms with Crippen LogP contribution in [0.2, 0.25) is 0 Å². The molecule has 0 radical (unpaired) electrons. The van der Waals surface area contributed by atoms with Gasteiger partial charge in [0.05, 0.1) is 12.2 Å². The summed E-state index contributed by atoms with van der Waals surface area (Å²) in [6.45, 7) is 7.57. The fourth-order valence-corrected chi connectivity index (χ4v) is 5.07. The van der Waals surface area contributed by atoms with E-state index in [1.165, 1.54) is 11.1 Å². The normalized spacial score (nSPS) is 18.7. The van der Waals surface area contributed by atoms with Gasteiger partial charge in [0, 0.05) is 49.1 Å². The molecule has 1 atom stereocenters. The summed E-state index contributed by atoms with van der Waals surface area (Å²) in [5.74, 6) is 1.85. The van der Waals surface area contributed by atoms with E-state index >= 15 is 0 Å². The minimum atomic E-state index is 0.165. The van der Waals surface area contributed by atoms with Gasteiger partial charge in [-0.3, -0.25) is 19.3 Å². The zero-order chi connectivity index (χ0) is 22.8. The molecule has 2 aliphatic heterocycles. The van der Waals surface area contributed by atoms with Crippen LogP contribution < -0.4 is 4.90 Å². The van der Waals surface area contributed by atoms with Crippen LogP contribution in [0, 0.1) is 6.92 Å². The second-order valence-corrected chi connectivity index (χ2v) is 9.08. The lowest BCUT2D eigenvalue weighted by Gasteiger charge is -2.31. The van der Waals surface area contributed by atoms with E-state index in [2.05, 4.69) is 42.2 Å². The molecule has 172 valence electrons. The summed E-state index contributed by atoms with van der Waals surface area (Å²) in [5, 5.41) is 4.42. The molecule has 0 spiro atoms. The van der Waals surface area contributed by atoms with E-state index < -0.39 is 0 Å². The van der Waals surface area contributed by atoms with Crippen molar-refractivity contribution in [3.8, 4) is 0 Å². The number of anilines is 1. The highest BCUT2D eigenvalue weighted by Gasteiger charge is 2.33. The fraction of sp³-hybridized carbons (Fsp3) is 0.462. The Morgan fingerprint density at radius 3 is 2.73 bits per heavy atom. The highest BCUT2D eigenvalue weighted by atomic mass is 16.2. The number of fused-ring (bicyclic) bond motifs is 1. The number of likely N-dealkylation sites (tertiary alicyclic amines) is 1. The Kier molecular flexibility index (Phi) is 6.22. The minimum absolute atomic E-state index is 0.165. The average Bonchev–Trinajstić information content (AvgIpc) is 3.48. The van der Waals surface area contributed by atoms with Gasteiger partial charge in [-0.2, -0.15) is 5.10 Å². The van der Waals surface area contributed by atoms with E-state index in [0.29, 0.717) is 13.0 Å². The van der Waals surface area contributed by atoms with Crippen molar-refractivity contribution in [1.82, 2.24) is 24.6 Å². The Hall–Kier alpha value is -3.06. The van der Waals surface area contributed by atoms with Crippen molar-refractivity contribution in [2.24, 2.45) is 0 Å². The molecular formula is C26H32N6O. The molecular weight excluding hydrogens is 412 g/mol. The van der Waals surface area contributed by atoms with Crippen LogP contribution >= 0.6 is 0 Å². The molecule has 1 unspecified atom stereocenters. The highest BCUT2D eigenvalue weighted by Crippen LogP contribution is 2.35. The Morgan fingerprint density at radius 2 is 1.94 bits per heavy atom. The third-order valence-electron chi connectivity index (χ3n) is 6.88. The van der Waals surface area contributed by atoms with Crippen molar-refractivity contribution in [1.29, 1.82) is 0 Å². The maximum atomic E-state index is 12.9. The summed E-state index contributed by atoms with van der Waals surface area (Å²) in [5.41, 5.74) is 4.59. The Labute approximate surface area is 195 Å². The largest absolute Gasteiger partial charge is 0.296 e. The van der Waals surface area contributed by atoms with Gasteiger partial charge in [-0.15, -0.1) is 0 Å². The zero-order valence-electron chi connectivity index (χ0n) is 19.6. The first-order valence-corrected chi connectivity index (χ1v) is 12.1. The van der Waals surface area contributed by atoms with Crippen LogP contribution in [0.5, 0.6) is 0 Å². The molecule has 1 amide bonds. The van der Waals surface area contributed by atoms with Gasteiger partial charge in [0.2, 0.25) is 5.91 Å². The van der Waals surface area contributed by atoms with E-state index in [9.17, 15) is 4.79 Å². The molecule has 4 heterocycles. The van der Waals surface area contributed by atoms with E-state index in [1.807, 2.05) is 34.0 Å². The van der Waals surface area contributed by atoms with E-state index in [0.717, 1.165) is 68.2 Å². The predicted molar refractivity (Wildman–Crippen MR) is 128 cm³/mol. The number of hydrogen-bond acceptors (Lipinski definition) is 5. The lowest BCUT2D eigenvalue weighted by Crippen LogP contribution is -2.38. The van der Waals surface area contributed by atoms with Crippen LogP contribution in [0.1, 0.15) is 60.4 Å². The second-order valence-electron chi connectivity index (χ2n) is 9.08. The van der Waals surface area contributed by atoms with Crippen LogP contribution in [0.15, 0.2) is 42.7 Å². The van der Waals surface area contributed by atoms with Gasteiger partial charge in [-0.25, -0.2) is 9.97 Å². The molecule has 7 nitrogen and oxygen atoms in total. The molecule has 1 aromatic carbocycles. The Bertz CT molecular complexity index is 1130. The number of rotatable bonds is 7. The first-order chi connectivity index (χ1) is 16.1. The molecule has 0 bridgehead atoms. The average molecular weight is 445 g/mol. The number of amides is 1. The van der Waals surface area contributed by atoms with E-state index in [-0.39, 0.29) is 11.9 Å². The number of nitrogens with zero attached hydrogens (tertiary/aromatic N) is 6. The van der Waals surface area contributed by atoms with Crippen molar-refractivity contribution in [3.05, 3.63) is 70.9 Å². The Balaban J connectivity index is 1.40. The SMILES string of the molecule is CCn1cc(CN2CCCC2c2nc(C)c3c(n2)N(CCc2ccccc2)C(=O)CC3)cn1. The number of benzene rings is 1. The van der Waals surface area contributed by atoms with Gasteiger partial charge in [0.15, 0.2) is 0 Å². The predicted octanol–water partition coefficient (Wildman–Crippen LogP) is 3.86. The maximum absolute atomic E-state index is 12.9. The zero-order valence-corrected chi connectivity index (χ0v) is 19.6. The molecule has 2 aliphatic rings. The smallest absolute Gasteiger partial charge is 0.228 e. The number of aromatic nitrogens is 4. The lowest BCUT2D eigenvalue weighted by atomic mass is 10.0. The van der Waals surface area contributed by atoms with Crippen molar-refractivity contribution in [2.75, 3.05) is 18.0 Å². The molecule has 1 fully saturated rings. The molecule has 7 heteroatoms. The molecule has 3 aromatic rings. The maximum Gasteiger partial charge on any atom is 0.228 e. The minimum Gasteiger partial charge on any atom is -0.296 e. The van der Waals surface area contributed by atoms with Crippen LogP contribution in [-0.2, 0) is 30.7 Å². The van der Waals surface area contributed by atoms with Gasteiger partial charge in [0.1, 0.15) is 11.6 Å². The highest BCUT2D eigenvalue weighted by molar-refractivity contribution is 5.95. The monoisotopic (exact) mass is 444 g/mol. The van der Waals surface area contributed by atoms with Crippen molar-refractivity contribution in [2.45, 2.75) is 65.1 Å². The van der Waals surface area contributed by atoms with Crippen LogP contribution in [0.25, 0.3) is 0 Å². The van der Waals surface area contributed by atoms with Gasteiger partial charge >= 0.3 is 0 Å². The number of aryl methyl sites for hydroxylation is 2. The van der Waals surface area contributed by atoms with Gasteiger partial charge in [-0.1, -0.05) is 30.3 Å². The van der Waals surface area contributed by atoms with Crippen molar-refractivity contribution in [3.63, 3.8) is 0 Å². The first kappa shape index (κ1) is 21.8. The first-order valence-electron chi connectivity index (χ1n) is 12.1. The summed E-state index contributed by atoms with van der Waals surface area (Å²) < 4.78 is 1.97. The van der Waals surface area contributed by atoms with E-state index in [4.69, 9.17) is 9.97 Å². The van der Waals surface area contributed by atoms with Crippen LogP contribution in [-0.4, -0.2) is 43.6 Å². The fourth-order valence-electron chi connectivity index (χ4n) is 5.07. The second kappa shape index (κ2) is 9.43. The third kappa shape index (κ3) is 4.55. The molecule has 1 saturated heterocycles. The van der Waals surface area contributed by atoms with Crippen LogP contribution in [0.4, 0.5) is 5.82 Å². The summed E-state index contributed by atoms with van der Waals surface area (Å²) in [6.07, 6.45) is 8.33.